The first-order valence-corrected chi connectivity index (χ1v) is 10.5. The number of hydrogen-bond acceptors (Lipinski definition) is 6. The van der Waals surface area contributed by atoms with Crippen LogP contribution in [0.3, 0.4) is 0 Å². The zero-order valence-corrected chi connectivity index (χ0v) is 18.6. The van der Waals surface area contributed by atoms with Crippen LogP contribution in [0.25, 0.3) is 10.6 Å². The SMILES string of the molecule is C/N=C1/C(C)N(C(=O)OC(C)(C)C)CCN1C(=N)c1csc(-c2ccc(F)cc2)n1. The smallest absolute Gasteiger partial charge is 0.410 e. The average molecular weight is 432 g/mol. The molecule has 160 valence electrons. The lowest BCUT2D eigenvalue weighted by molar-refractivity contribution is 0.0190. The number of rotatable bonds is 2. The molecule has 0 spiro atoms. The number of nitrogens with zero attached hydrogens (tertiary/aromatic N) is 4. The maximum Gasteiger partial charge on any atom is 0.410 e. The summed E-state index contributed by atoms with van der Waals surface area (Å²) >= 11 is 1.40. The lowest BCUT2D eigenvalue weighted by Gasteiger charge is -2.41. The summed E-state index contributed by atoms with van der Waals surface area (Å²) in [7, 11) is 1.65. The Balaban J connectivity index is 1.77. The Labute approximate surface area is 179 Å². The van der Waals surface area contributed by atoms with Gasteiger partial charge in [0.2, 0.25) is 0 Å². The topological polar surface area (TPSA) is 81.9 Å². The zero-order valence-electron chi connectivity index (χ0n) is 17.8. The van der Waals surface area contributed by atoms with E-state index in [0.29, 0.717) is 29.6 Å². The highest BCUT2D eigenvalue weighted by Crippen LogP contribution is 2.26. The monoisotopic (exact) mass is 431 g/mol. The number of aromatic nitrogens is 1. The Bertz CT molecular complexity index is 965. The summed E-state index contributed by atoms with van der Waals surface area (Å²) in [4.78, 5) is 24.9. The molecule has 2 heterocycles. The number of halogens is 1. The maximum absolute atomic E-state index is 13.2. The highest BCUT2D eigenvalue weighted by atomic mass is 32.1. The molecule has 9 heteroatoms. The normalized spacial score (nSPS) is 18.6. The Morgan fingerprint density at radius 2 is 1.97 bits per heavy atom. The fourth-order valence-electron chi connectivity index (χ4n) is 3.23. The van der Waals surface area contributed by atoms with Gasteiger partial charge in [-0.1, -0.05) is 0 Å². The number of piperazine rings is 1. The third-order valence-corrected chi connectivity index (χ3v) is 5.54. The van der Waals surface area contributed by atoms with E-state index in [2.05, 4.69) is 9.98 Å². The molecule has 30 heavy (non-hydrogen) atoms. The van der Waals surface area contributed by atoms with Crippen molar-refractivity contribution >= 4 is 29.1 Å². The number of thiazole rings is 1. The zero-order chi connectivity index (χ0) is 22.1. The van der Waals surface area contributed by atoms with E-state index in [0.717, 1.165) is 5.56 Å². The van der Waals surface area contributed by atoms with Crippen LogP contribution in [0.4, 0.5) is 9.18 Å². The van der Waals surface area contributed by atoms with Crippen molar-refractivity contribution in [3.8, 4) is 10.6 Å². The molecule has 0 radical (unpaired) electrons. The van der Waals surface area contributed by atoms with E-state index in [4.69, 9.17) is 10.1 Å². The summed E-state index contributed by atoms with van der Waals surface area (Å²) in [5.74, 6) is 0.522. The summed E-state index contributed by atoms with van der Waals surface area (Å²) in [6.45, 7) is 8.19. The number of ether oxygens (including phenoxy) is 1. The molecule has 1 saturated heterocycles. The van der Waals surface area contributed by atoms with E-state index < -0.39 is 11.7 Å². The van der Waals surface area contributed by atoms with Gasteiger partial charge >= 0.3 is 6.09 Å². The van der Waals surface area contributed by atoms with Gasteiger partial charge < -0.3 is 9.64 Å². The molecule has 1 aromatic heterocycles. The lowest BCUT2D eigenvalue weighted by Crippen LogP contribution is -2.59. The van der Waals surface area contributed by atoms with Crippen molar-refractivity contribution in [3.05, 3.63) is 41.2 Å². The van der Waals surface area contributed by atoms with Crippen molar-refractivity contribution in [1.82, 2.24) is 14.8 Å². The third-order valence-electron chi connectivity index (χ3n) is 4.65. The molecule has 0 saturated carbocycles. The fourth-order valence-corrected chi connectivity index (χ4v) is 4.04. The summed E-state index contributed by atoms with van der Waals surface area (Å²) in [6, 6.07) is 5.78. The van der Waals surface area contributed by atoms with Gasteiger partial charge in [0, 0.05) is 31.1 Å². The van der Waals surface area contributed by atoms with Gasteiger partial charge in [-0.05, 0) is 52.0 Å². The summed E-state index contributed by atoms with van der Waals surface area (Å²) < 4.78 is 18.7. The first-order chi connectivity index (χ1) is 14.1. The van der Waals surface area contributed by atoms with Crippen LogP contribution in [0.1, 0.15) is 33.4 Å². The van der Waals surface area contributed by atoms with Crippen molar-refractivity contribution in [2.24, 2.45) is 4.99 Å². The van der Waals surface area contributed by atoms with E-state index in [1.165, 1.54) is 23.5 Å². The molecule has 0 bridgehead atoms. The van der Waals surface area contributed by atoms with Crippen molar-refractivity contribution in [2.75, 3.05) is 20.1 Å². The van der Waals surface area contributed by atoms with E-state index in [-0.39, 0.29) is 17.7 Å². The van der Waals surface area contributed by atoms with E-state index in [9.17, 15) is 9.18 Å². The highest BCUT2D eigenvalue weighted by molar-refractivity contribution is 7.13. The van der Waals surface area contributed by atoms with Gasteiger partial charge in [0.15, 0.2) is 5.84 Å². The molecule has 1 unspecified atom stereocenters. The fraction of sp³-hybridized carbons (Fsp3) is 0.429. The number of nitrogens with one attached hydrogen (secondary N) is 1. The van der Waals surface area contributed by atoms with Gasteiger partial charge in [0.1, 0.15) is 28.0 Å². The van der Waals surface area contributed by atoms with Crippen LogP contribution < -0.4 is 0 Å². The molecule has 1 aliphatic heterocycles. The van der Waals surface area contributed by atoms with E-state index >= 15 is 0 Å². The second-order valence-electron chi connectivity index (χ2n) is 7.98. The number of amides is 1. The number of benzene rings is 1. The van der Waals surface area contributed by atoms with Crippen molar-refractivity contribution < 1.29 is 13.9 Å². The second-order valence-corrected chi connectivity index (χ2v) is 8.83. The largest absolute Gasteiger partial charge is 0.444 e. The Kier molecular flexibility index (Phi) is 6.21. The third kappa shape index (κ3) is 4.67. The molecule has 0 aliphatic carbocycles. The average Bonchev–Trinajstić information content (AvgIpc) is 3.16. The van der Waals surface area contributed by atoms with Crippen molar-refractivity contribution in [3.63, 3.8) is 0 Å². The number of aliphatic imine (C=N–C) groups is 1. The Hall–Kier alpha value is -2.81. The molecule has 1 fully saturated rings. The number of carbonyl (C=O) groups is 1. The molecule has 1 aromatic carbocycles. The first kappa shape index (κ1) is 21.9. The number of hydrogen-bond donors (Lipinski definition) is 1. The van der Waals surface area contributed by atoms with Gasteiger partial charge in [-0.2, -0.15) is 0 Å². The van der Waals surface area contributed by atoms with E-state index in [1.807, 2.05) is 27.7 Å². The molecular formula is C21H26FN5O2S. The summed E-state index contributed by atoms with van der Waals surface area (Å²) in [5, 5.41) is 11.2. The van der Waals surface area contributed by atoms with Gasteiger partial charge in [-0.3, -0.25) is 15.3 Å². The van der Waals surface area contributed by atoms with Gasteiger partial charge in [-0.15, -0.1) is 11.3 Å². The van der Waals surface area contributed by atoms with Crippen molar-refractivity contribution in [2.45, 2.75) is 39.3 Å². The van der Waals surface area contributed by atoms with Crippen LogP contribution in [-0.2, 0) is 4.74 Å². The van der Waals surface area contributed by atoms with Crippen molar-refractivity contribution in [1.29, 1.82) is 5.41 Å². The minimum Gasteiger partial charge on any atom is -0.444 e. The second kappa shape index (κ2) is 8.51. The first-order valence-electron chi connectivity index (χ1n) is 9.65. The molecule has 1 amide bonds. The molecule has 1 aliphatic rings. The lowest BCUT2D eigenvalue weighted by atomic mass is 10.1. The minimum atomic E-state index is -0.582. The molecule has 7 nitrogen and oxygen atoms in total. The van der Waals surface area contributed by atoms with Gasteiger partial charge in [-0.25, -0.2) is 14.2 Å². The van der Waals surface area contributed by atoms with Crippen LogP contribution in [0, 0.1) is 11.2 Å². The number of amidine groups is 2. The number of carbonyl (C=O) groups excluding carboxylic acids is 1. The Morgan fingerprint density at radius 1 is 1.30 bits per heavy atom. The van der Waals surface area contributed by atoms with E-state index in [1.54, 1.807) is 34.4 Å². The maximum atomic E-state index is 13.2. The predicted molar refractivity (Wildman–Crippen MR) is 117 cm³/mol. The highest BCUT2D eigenvalue weighted by Gasteiger charge is 2.36. The quantitative estimate of drug-likeness (QED) is 0.569. The standard InChI is InChI=1S/C21H26FN5O2S/c1-13-18(24-5)27(11-10-26(13)20(28)29-21(2,3)4)17(23)16-12-30-19(25-16)14-6-8-15(22)9-7-14/h6-9,12-13,23H,10-11H2,1-5H3/b23-17?,24-18-. The van der Waals surface area contributed by atoms with Crippen LogP contribution in [0.15, 0.2) is 34.6 Å². The molecular weight excluding hydrogens is 405 g/mol. The minimum absolute atomic E-state index is 0.218. The summed E-state index contributed by atoms with van der Waals surface area (Å²) in [5.41, 5.74) is 0.730. The van der Waals surface area contributed by atoms with Crippen LogP contribution in [0.5, 0.6) is 0 Å². The van der Waals surface area contributed by atoms with Gasteiger partial charge in [0.05, 0.1) is 6.04 Å². The molecule has 3 rings (SSSR count). The molecule has 1 atom stereocenters. The van der Waals surface area contributed by atoms with Crippen LogP contribution in [-0.4, -0.2) is 64.3 Å². The molecule has 1 N–H and O–H groups in total. The van der Waals surface area contributed by atoms with Gasteiger partial charge in [0.25, 0.3) is 0 Å². The Morgan fingerprint density at radius 3 is 2.57 bits per heavy atom. The van der Waals surface area contributed by atoms with Crippen LogP contribution >= 0.6 is 11.3 Å². The molecule has 2 aromatic rings. The summed E-state index contributed by atoms with van der Waals surface area (Å²) in [6.07, 6.45) is -0.394. The van der Waals surface area contributed by atoms with Crippen LogP contribution in [0.2, 0.25) is 0 Å². The predicted octanol–water partition coefficient (Wildman–Crippen LogP) is 4.24.